The van der Waals surface area contributed by atoms with E-state index in [4.69, 9.17) is 52.1 Å². The van der Waals surface area contributed by atoms with Gasteiger partial charge in [0.25, 0.3) is 0 Å². The number of nitrogens with one attached hydrogen (secondary N) is 2. The maximum atomic E-state index is 12.4. The summed E-state index contributed by atoms with van der Waals surface area (Å²) in [6.07, 6.45) is 0. The van der Waals surface area contributed by atoms with Gasteiger partial charge in [0, 0.05) is 11.4 Å². The summed E-state index contributed by atoms with van der Waals surface area (Å²) in [6, 6.07) is 9.47. The first kappa shape index (κ1) is 23.5. The standard InChI is InChI=1S/C18H14Cl4N6O2S/c19-11-3-1-9(5-13(11)21)24-15(29)7-28-17(23)26-27-18(28)31-8-16(30)25-10-2-4-12(20)14(22)6-10/h1-6H,7-8H2,(H2,23,26)(H,24,29)(H,25,30). The number of amides is 2. The van der Waals surface area contributed by atoms with Crippen molar-refractivity contribution < 1.29 is 9.59 Å². The van der Waals surface area contributed by atoms with Gasteiger partial charge in [0.1, 0.15) is 6.54 Å². The van der Waals surface area contributed by atoms with Crippen LogP contribution in [-0.2, 0) is 16.1 Å². The van der Waals surface area contributed by atoms with Crippen molar-refractivity contribution in [3.05, 3.63) is 56.5 Å². The lowest BCUT2D eigenvalue weighted by atomic mass is 10.3. The van der Waals surface area contributed by atoms with E-state index in [1.807, 2.05) is 0 Å². The smallest absolute Gasteiger partial charge is 0.244 e. The van der Waals surface area contributed by atoms with E-state index in [-0.39, 0.29) is 30.1 Å². The molecule has 2 amide bonds. The van der Waals surface area contributed by atoms with Crippen LogP contribution in [0.3, 0.4) is 0 Å². The Labute approximate surface area is 201 Å². The van der Waals surface area contributed by atoms with Crippen LogP contribution in [0.2, 0.25) is 20.1 Å². The summed E-state index contributed by atoms with van der Waals surface area (Å²) in [5.74, 6) is -0.646. The number of rotatable bonds is 7. The third kappa shape index (κ3) is 6.41. The predicted molar refractivity (Wildman–Crippen MR) is 125 cm³/mol. The van der Waals surface area contributed by atoms with E-state index in [0.717, 1.165) is 11.8 Å². The summed E-state index contributed by atoms with van der Waals surface area (Å²) in [5, 5.41) is 14.8. The Bertz CT molecular complexity index is 1140. The molecule has 0 radical (unpaired) electrons. The molecule has 31 heavy (non-hydrogen) atoms. The molecule has 0 unspecified atom stereocenters. The van der Waals surface area contributed by atoms with Gasteiger partial charge in [0.05, 0.1) is 25.8 Å². The second kappa shape index (κ2) is 10.4. The van der Waals surface area contributed by atoms with Crippen molar-refractivity contribution in [2.24, 2.45) is 0 Å². The fourth-order valence-electron chi connectivity index (χ4n) is 2.37. The Morgan fingerprint density at radius 3 is 1.97 bits per heavy atom. The normalized spacial score (nSPS) is 10.7. The van der Waals surface area contributed by atoms with Crippen molar-refractivity contribution in [3.8, 4) is 0 Å². The zero-order chi connectivity index (χ0) is 22.5. The van der Waals surface area contributed by atoms with E-state index in [1.54, 1.807) is 30.3 Å². The molecule has 0 saturated carbocycles. The van der Waals surface area contributed by atoms with Gasteiger partial charge in [-0.05, 0) is 36.4 Å². The molecule has 13 heteroatoms. The fourth-order valence-corrected chi connectivity index (χ4v) is 3.72. The highest BCUT2D eigenvalue weighted by atomic mass is 35.5. The molecule has 3 aromatic rings. The van der Waals surface area contributed by atoms with Crippen LogP contribution in [-0.4, -0.2) is 32.3 Å². The summed E-state index contributed by atoms with van der Waals surface area (Å²) in [4.78, 5) is 24.6. The highest BCUT2D eigenvalue weighted by Gasteiger charge is 2.16. The molecule has 0 fully saturated rings. The molecule has 162 valence electrons. The molecule has 3 rings (SSSR count). The van der Waals surface area contributed by atoms with E-state index >= 15 is 0 Å². The summed E-state index contributed by atoms with van der Waals surface area (Å²) >= 11 is 24.7. The zero-order valence-electron chi connectivity index (χ0n) is 15.5. The predicted octanol–water partition coefficient (Wildman–Crippen LogP) is 4.84. The molecule has 1 heterocycles. The van der Waals surface area contributed by atoms with Crippen LogP contribution in [0, 0.1) is 0 Å². The summed E-state index contributed by atoms with van der Waals surface area (Å²) in [7, 11) is 0. The maximum Gasteiger partial charge on any atom is 0.244 e. The minimum atomic E-state index is -0.382. The number of thioether (sulfide) groups is 1. The number of benzene rings is 2. The first-order chi connectivity index (χ1) is 14.7. The maximum absolute atomic E-state index is 12.4. The minimum Gasteiger partial charge on any atom is -0.368 e. The molecule has 0 aliphatic rings. The van der Waals surface area contributed by atoms with E-state index < -0.39 is 0 Å². The monoisotopic (exact) mass is 518 g/mol. The second-order valence-electron chi connectivity index (χ2n) is 6.07. The molecule has 1 aromatic heterocycles. The Hall–Kier alpha value is -2.17. The number of halogens is 4. The molecule has 0 spiro atoms. The van der Waals surface area contributed by atoms with Crippen LogP contribution in [0.5, 0.6) is 0 Å². The first-order valence-electron chi connectivity index (χ1n) is 8.54. The van der Waals surface area contributed by atoms with Gasteiger partial charge >= 0.3 is 0 Å². The Kier molecular flexibility index (Phi) is 7.90. The number of carbonyl (C=O) groups is 2. The van der Waals surface area contributed by atoms with Crippen molar-refractivity contribution in [2.45, 2.75) is 11.7 Å². The van der Waals surface area contributed by atoms with Gasteiger partial charge in [-0.1, -0.05) is 58.2 Å². The summed E-state index contributed by atoms with van der Waals surface area (Å²) in [6.45, 7) is -0.157. The average Bonchev–Trinajstić information content (AvgIpc) is 3.05. The molecule has 8 nitrogen and oxygen atoms in total. The lowest BCUT2D eigenvalue weighted by molar-refractivity contribution is -0.117. The van der Waals surface area contributed by atoms with Gasteiger partial charge in [-0.2, -0.15) is 0 Å². The van der Waals surface area contributed by atoms with Crippen molar-refractivity contribution in [1.29, 1.82) is 0 Å². The third-order valence-corrected chi connectivity index (χ3v) is 6.23. The zero-order valence-corrected chi connectivity index (χ0v) is 19.4. The molecule has 0 aliphatic heterocycles. The second-order valence-corrected chi connectivity index (χ2v) is 8.64. The number of hydrogen-bond donors (Lipinski definition) is 3. The largest absolute Gasteiger partial charge is 0.368 e. The van der Waals surface area contributed by atoms with Crippen LogP contribution in [0.1, 0.15) is 0 Å². The van der Waals surface area contributed by atoms with Gasteiger partial charge in [-0.3, -0.25) is 14.2 Å². The Morgan fingerprint density at radius 1 is 0.871 bits per heavy atom. The number of hydrogen-bond acceptors (Lipinski definition) is 6. The topological polar surface area (TPSA) is 115 Å². The molecule has 2 aromatic carbocycles. The van der Waals surface area contributed by atoms with Crippen LogP contribution < -0.4 is 16.4 Å². The number of nitrogens with two attached hydrogens (primary N) is 1. The summed E-state index contributed by atoms with van der Waals surface area (Å²) in [5.41, 5.74) is 6.79. The van der Waals surface area contributed by atoms with Gasteiger partial charge in [-0.15, -0.1) is 10.2 Å². The van der Waals surface area contributed by atoms with Crippen LogP contribution >= 0.6 is 58.2 Å². The Balaban J connectivity index is 1.59. The molecule has 0 atom stereocenters. The van der Waals surface area contributed by atoms with Crippen molar-refractivity contribution in [2.75, 3.05) is 22.1 Å². The highest BCUT2D eigenvalue weighted by molar-refractivity contribution is 7.99. The number of anilines is 3. The van der Waals surface area contributed by atoms with Crippen molar-refractivity contribution in [3.63, 3.8) is 0 Å². The van der Waals surface area contributed by atoms with Crippen molar-refractivity contribution >= 4 is 87.3 Å². The van der Waals surface area contributed by atoms with Crippen LogP contribution in [0.4, 0.5) is 17.3 Å². The number of nitrogens with zero attached hydrogens (tertiary/aromatic N) is 3. The van der Waals surface area contributed by atoms with E-state index in [9.17, 15) is 9.59 Å². The summed E-state index contributed by atoms with van der Waals surface area (Å²) < 4.78 is 1.39. The van der Waals surface area contributed by atoms with Gasteiger partial charge in [0.2, 0.25) is 17.8 Å². The molecular weight excluding hydrogens is 506 g/mol. The number of nitrogen functional groups attached to an aromatic ring is 1. The molecule has 0 saturated heterocycles. The van der Waals surface area contributed by atoms with Gasteiger partial charge in [0.15, 0.2) is 5.16 Å². The number of carbonyl (C=O) groups excluding carboxylic acids is 2. The van der Waals surface area contributed by atoms with E-state index in [2.05, 4.69) is 20.8 Å². The van der Waals surface area contributed by atoms with Crippen LogP contribution in [0.25, 0.3) is 0 Å². The third-order valence-electron chi connectivity index (χ3n) is 3.79. The van der Waals surface area contributed by atoms with Gasteiger partial charge in [-0.25, -0.2) is 0 Å². The first-order valence-corrected chi connectivity index (χ1v) is 11.0. The quantitative estimate of drug-likeness (QED) is 0.384. The van der Waals surface area contributed by atoms with Crippen molar-refractivity contribution in [1.82, 2.24) is 14.8 Å². The lowest BCUT2D eigenvalue weighted by Crippen LogP contribution is -2.21. The highest BCUT2D eigenvalue weighted by Crippen LogP contribution is 2.26. The lowest BCUT2D eigenvalue weighted by Gasteiger charge is -2.10. The molecule has 0 bridgehead atoms. The molecular formula is C18H14Cl4N6O2S. The fraction of sp³-hybridized carbons (Fsp3) is 0.111. The van der Waals surface area contributed by atoms with E-state index in [0.29, 0.717) is 36.6 Å². The van der Waals surface area contributed by atoms with Crippen LogP contribution in [0.15, 0.2) is 41.6 Å². The van der Waals surface area contributed by atoms with E-state index in [1.165, 1.54) is 10.6 Å². The minimum absolute atomic E-state index is 0.00674. The average molecular weight is 520 g/mol. The molecule has 0 aliphatic carbocycles. The Morgan fingerprint density at radius 2 is 1.42 bits per heavy atom. The van der Waals surface area contributed by atoms with Gasteiger partial charge < -0.3 is 16.4 Å². The number of aromatic nitrogens is 3. The molecule has 4 N–H and O–H groups in total. The SMILES string of the molecule is Nc1nnc(SCC(=O)Nc2ccc(Cl)c(Cl)c2)n1CC(=O)Nc1ccc(Cl)c(Cl)c1.